The number of halogens is 1. The Morgan fingerprint density at radius 2 is 1.61 bits per heavy atom. The van der Waals surface area contributed by atoms with Gasteiger partial charge in [-0.3, -0.25) is 0 Å². The number of phenols is 1. The zero-order valence-corrected chi connectivity index (χ0v) is 14.3. The third-order valence-corrected chi connectivity index (χ3v) is 3.51. The second kappa shape index (κ2) is 8.37. The van der Waals surface area contributed by atoms with Crippen molar-refractivity contribution < 1.29 is 14.2 Å². The molecule has 0 aliphatic carbocycles. The van der Waals surface area contributed by atoms with Gasteiger partial charge in [0.1, 0.15) is 23.8 Å². The van der Waals surface area contributed by atoms with Crippen LogP contribution in [0.3, 0.4) is 0 Å². The van der Waals surface area contributed by atoms with Gasteiger partial charge in [0.15, 0.2) is 0 Å². The average molecular weight is 316 g/mol. The normalized spacial score (nSPS) is 10.5. The number of hydrogen-bond acceptors (Lipinski definition) is 2. The first kappa shape index (κ1) is 18.8. The van der Waals surface area contributed by atoms with E-state index in [1.165, 1.54) is 5.56 Å². The van der Waals surface area contributed by atoms with Gasteiger partial charge in [-0.25, -0.2) is 4.39 Å². The molecule has 2 aromatic rings. The van der Waals surface area contributed by atoms with Crippen molar-refractivity contribution in [3.63, 3.8) is 0 Å². The van der Waals surface area contributed by atoms with Crippen LogP contribution >= 0.6 is 0 Å². The standard InChI is InChI=1S/C12H16O2.C8H9F/c1-9(2)12(3,4)14-11-7-5-10(13)6-8-11;1-7-2-4-8(6-9)5-3-7/h5-8,13H,1H2,2-4H3;2-5H,6H2,1H3. The van der Waals surface area contributed by atoms with Gasteiger partial charge in [-0.1, -0.05) is 36.4 Å². The summed E-state index contributed by atoms with van der Waals surface area (Å²) in [6, 6.07) is 14.1. The summed E-state index contributed by atoms with van der Waals surface area (Å²) in [6.07, 6.45) is 0. The van der Waals surface area contributed by atoms with Crippen LogP contribution in [0.5, 0.6) is 11.5 Å². The van der Waals surface area contributed by atoms with Gasteiger partial charge >= 0.3 is 0 Å². The first-order valence-corrected chi connectivity index (χ1v) is 7.50. The number of aromatic hydroxyl groups is 1. The molecule has 3 heteroatoms. The monoisotopic (exact) mass is 316 g/mol. The number of ether oxygens (including phenoxy) is 1. The van der Waals surface area contributed by atoms with E-state index in [0.29, 0.717) is 0 Å². The fourth-order valence-electron chi connectivity index (χ4n) is 1.57. The van der Waals surface area contributed by atoms with Crippen LogP contribution in [0, 0.1) is 6.92 Å². The molecule has 0 fully saturated rings. The van der Waals surface area contributed by atoms with Gasteiger partial charge in [0.25, 0.3) is 0 Å². The third-order valence-electron chi connectivity index (χ3n) is 3.51. The Bertz CT molecular complexity index is 613. The van der Waals surface area contributed by atoms with E-state index in [4.69, 9.17) is 9.84 Å². The zero-order chi connectivity index (χ0) is 17.5. The van der Waals surface area contributed by atoms with Crippen molar-refractivity contribution in [2.45, 2.75) is 40.0 Å². The van der Waals surface area contributed by atoms with E-state index in [-0.39, 0.29) is 18.0 Å². The van der Waals surface area contributed by atoms with Crippen LogP contribution in [0.25, 0.3) is 0 Å². The van der Waals surface area contributed by atoms with Crippen molar-refractivity contribution in [3.8, 4) is 11.5 Å². The van der Waals surface area contributed by atoms with Gasteiger partial charge in [-0.05, 0) is 63.1 Å². The fourth-order valence-corrected chi connectivity index (χ4v) is 1.57. The third kappa shape index (κ3) is 6.55. The molecule has 0 bridgehead atoms. The zero-order valence-electron chi connectivity index (χ0n) is 14.3. The summed E-state index contributed by atoms with van der Waals surface area (Å²) in [5.41, 5.74) is 2.51. The summed E-state index contributed by atoms with van der Waals surface area (Å²) in [7, 11) is 0. The molecule has 0 spiro atoms. The molecule has 2 nitrogen and oxygen atoms in total. The maximum absolute atomic E-state index is 11.9. The van der Waals surface area contributed by atoms with E-state index in [1.54, 1.807) is 36.4 Å². The smallest absolute Gasteiger partial charge is 0.124 e. The first-order chi connectivity index (χ1) is 10.7. The summed E-state index contributed by atoms with van der Waals surface area (Å²) in [5.74, 6) is 0.973. The molecule has 0 radical (unpaired) electrons. The largest absolute Gasteiger partial charge is 0.508 e. The van der Waals surface area contributed by atoms with Crippen LogP contribution in [-0.2, 0) is 6.67 Å². The Morgan fingerprint density at radius 3 is 2.04 bits per heavy atom. The minimum absolute atomic E-state index is 0.241. The van der Waals surface area contributed by atoms with E-state index in [1.807, 2.05) is 39.8 Å². The lowest BCUT2D eigenvalue weighted by Gasteiger charge is -2.26. The van der Waals surface area contributed by atoms with Gasteiger partial charge in [-0.2, -0.15) is 0 Å². The Balaban J connectivity index is 0.000000253. The number of aryl methyl sites for hydroxylation is 1. The molecule has 1 N–H and O–H groups in total. The van der Waals surface area contributed by atoms with Crippen molar-refractivity contribution in [1.82, 2.24) is 0 Å². The van der Waals surface area contributed by atoms with Gasteiger partial charge in [0.05, 0.1) is 0 Å². The van der Waals surface area contributed by atoms with Crippen LogP contribution in [0.15, 0.2) is 60.7 Å². The number of hydrogen-bond donors (Lipinski definition) is 1. The summed E-state index contributed by atoms with van der Waals surface area (Å²) >= 11 is 0. The van der Waals surface area contributed by atoms with Gasteiger partial charge < -0.3 is 9.84 Å². The molecule has 0 aliphatic heterocycles. The van der Waals surface area contributed by atoms with E-state index < -0.39 is 0 Å². The Kier molecular flexibility index (Phi) is 6.83. The molecule has 0 amide bonds. The number of phenolic OH excluding ortho intramolecular Hbond substituents is 1. The van der Waals surface area contributed by atoms with E-state index in [9.17, 15) is 4.39 Å². The predicted octanol–water partition coefficient (Wildman–Crippen LogP) is 5.59. The van der Waals surface area contributed by atoms with Crippen LogP contribution in [0.4, 0.5) is 4.39 Å². The summed E-state index contributed by atoms with van der Waals surface area (Å²) in [6.45, 7) is 11.3. The average Bonchev–Trinajstić information content (AvgIpc) is 2.51. The van der Waals surface area contributed by atoms with E-state index in [0.717, 1.165) is 16.9 Å². The molecule has 23 heavy (non-hydrogen) atoms. The van der Waals surface area contributed by atoms with Crippen molar-refractivity contribution >= 4 is 0 Å². The molecule has 0 atom stereocenters. The second-order valence-electron chi connectivity index (χ2n) is 6.01. The van der Waals surface area contributed by atoms with Gasteiger partial charge in [-0.15, -0.1) is 0 Å². The van der Waals surface area contributed by atoms with E-state index >= 15 is 0 Å². The number of benzene rings is 2. The Morgan fingerprint density at radius 1 is 1.09 bits per heavy atom. The van der Waals surface area contributed by atoms with Gasteiger partial charge in [0.2, 0.25) is 0 Å². The van der Waals surface area contributed by atoms with Crippen LogP contribution in [-0.4, -0.2) is 10.7 Å². The highest BCUT2D eigenvalue weighted by molar-refractivity contribution is 5.31. The molecule has 2 aromatic carbocycles. The predicted molar refractivity (Wildman–Crippen MR) is 93.6 cm³/mol. The summed E-state index contributed by atoms with van der Waals surface area (Å²) < 4.78 is 17.6. The van der Waals surface area contributed by atoms with Crippen LogP contribution in [0.2, 0.25) is 0 Å². The van der Waals surface area contributed by atoms with Crippen LogP contribution in [0.1, 0.15) is 31.9 Å². The second-order valence-corrected chi connectivity index (χ2v) is 6.01. The number of rotatable bonds is 4. The van der Waals surface area contributed by atoms with Crippen molar-refractivity contribution in [2.24, 2.45) is 0 Å². The summed E-state index contributed by atoms with van der Waals surface area (Å²) in [4.78, 5) is 0. The van der Waals surface area contributed by atoms with Crippen molar-refractivity contribution in [3.05, 3.63) is 71.8 Å². The van der Waals surface area contributed by atoms with Gasteiger partial charge in [0, 0.05) is 0 Å². The molecule has 0 aliphatic rings. The highest BCUT2D eigenvalue weighted by Gasteiger charge is 2.20. The molecule has 0 heterocycles. The first-order valence-electron chi connectivity index (χ1n) is 7.50. The maximum atomic E-state index is 11.9. The maximum Gasteiger partial charge on any atom is 0.124 e. The lowest BCUT2D eigenvalue weighted by atomic mass is 10.0. The molecule has 0 unspecified atom stereocenters. The highest BCUT2D eigenvalue weighted by Crippen LogP contribution is 2.24. The topological polar surface area (TPSA) is 29.5 Å². The molecule has 0 saturated carbocycles. The minimum Gasteiger partial charge on any atom is -0.508 e. The number of alkyl halides is 1. The fraction of sp³-hybridized carbons (Fsp3) is 0.300. The Hall–Kier alpha value is -2.29. The lowest BCUT2D eigenvalue weighted by molar-refractivity contribution is 0.149. The molecule has 2 rings (SSSR count). The molecule has 0 saturated heterocycles. The van der Waals surface area contributed by atoms with E-state index in [2.05, 4.69) is 6.58 Å². The van der Waals surface area contributed by atoms with Crippen LogP contribution < -0.4 is 4.74 Å². The quantitative estimate of drug-likeness (QED) is 0.745. The molecule has 124 valence electrons. The SMILES string of the molecule is C=C(C)C(C)(C)Oc1ccc(O)cc1.Cc1ccc(CF)cc1. The molecular formula is C20H25FO2. The molecule has 0 aromatic heterocycles. The Labute approximate surface area is 138 Å². The minimum atomic E-state index is -0.378. The lowest BCUT2D eigenvalue weighted by Crippen LogP contribution is -2.28. The molecular weight excluding hydrogens is 291 g/mol. The summed E-state index contributed by atoms with van der Waals surface area (Å²) in [5, 5.41) is 9.09. The van der Waals surface area contributed by atoms with Crippen molar-refractivity contribution in [2.75, 3.05) is 0 Å². The van der Waals surface area contributed by atoms with Crippen molar-refractivity contribution in [1.29, 1.82) is 0 Å². The highest BCUT2D eigenvalue weighted by atomic mass is 19.1.